The van der Waals surface area contributed by atoms with Gasteiger partial charge in [0.05, 0.1) is 11.1 Å². The van der Waals surface area contributed by atoms with E-state index in [1.54, 1.807) is 11.8 Å². The lowest BCUT2D eigenvalue weighted by Crippen LogP contribution is -2.49. The van der Waals surface area contributed by atoms with E-state index in [4.69, 9.17) is 0 Å². The summed E-state index contributed by atoms with van der Waals surface area (Å²) >= 11 is 3.40. The Morgan fingerprint density at radius 2 is 2.14 bits per heavy atom. The summed E-state index contributed by atoms with van der Waals surface area (Å²) in [5.74, 6) is -0.850. The van der Waals surface area contributed by atoms with E-state index < -0.39 is 11.4 Å². The molecule has 0 aliphatic carbocycles. The maximum absolute atomic E-state index is 12.3. The van der Waals surface area contributed by atoms with Gasteiger partial charge in [0, 0.05) is 17.6 Å². The van der Waals surface area contributed by atoms with Crippen LogP contribution < -0.4 is 5.32 Å². The van der Waals surface area contributed by atoms with Crippen LogP contribution in [0.4, 0.5) is 10.5 Å². The molecule has 0 saturated carbocycles. The number of aryl methyl sites for hydroxylation is 1. The number of carboxylic acids is 1. The van der Waals surface area contributed by atoms with Crippen LogP contribution in [0.2, 0.25) is 0 Å². The zero-order chi connectivity index (χ0) is 15.6. The van der Waals surface area contributed by atoms with Gasteiger partial charge < -0.3 is 15.3 Å². The predicted molar refractivity (Wildman–Crippen MR) is 84.4 cm³/mol. The smallest absolute Gasteiger partial charge is 0.321 e. The number of carbonyl (C=O) groups excluding carboxylic acids is 1. The predicted octanol–water partition coefficient (Wildman–Crippen LogP) is 3.48. The van der Waals surface area contributed by atoms with Crippen LogP contribution in [0.1, 0.15) is 25.3 Å². The molecule has 1 aliphatic heterocycles. The number of benzene rings is 1. The number of likely N-dealkylation sites (tertiary alicyclic amines) is 1. The Kier molecular flexibility index (Phi) is 4.56. The molecule has 2 N–H and O–H groups in total. The second kappa shape index (κ2) is 6.05. The first-order chi connectivity index (χ1) is 9.82. The summed E-state index contributed by atoms with van der Waals surface area (Å²) in [6.45, 7) is 4.46. The first-order valence-electron chi connectivity index (χ1n) is 6.87. The third-order valence-electron chi connectivity index (χ3n) is 3.86. The molecule has 1 saturated heterocycles. The molecule has 1 atom stereocenters. The molecule has 6 heteroatoms. The summed E-state index contributed by atoms with van der Waals surface area (Å²) in [4.78, 5) is 25.3. The first-order valence-corrected chi connectivity index (χ1v) is 7.67. The highest BCUT2D eigenvalue weighted by atomic mass is 79.9. The summed E-state index contributed by atoms with van der Waals surface area (Å²) in [5.41, 5.74) is 0.879. The van der Waals surface area contributed by atoms with E-state index in [2.05, 4.69) is 21.2 Å². The van der Waals surface area contributed by atoms with Gasteiger partial charge in [-0.2, -0.15) is 0 Å². The Bertz CT molecular complexity index is 576. The molecule has 0 bridgehead atoms. The van der Waals surface area contributed by atoms with E-state index in [9.17, 15) is 14.7 Å². The molecular weight excluding hydrogens is 336 g/mol. The molecule has 21 heavy (non-hydrogen) atoms. The average molecular weight is 355 g/mol. The Balaban J connectivity index is 2.10. The van der Waals surface area contributed by atoms with Crippen LogP contribution in [0.15, 0.2) is 22.7 Å². The SMILES string of the molecule is Cc1ccc(Br)c(NC(=O)N2CCCC(C)(C(=O)O)C2)c1. The van der Waals surface area contributed by atoms with E-state index in [0.717, 1.165) is 10.0 Å². The summed E-state index contributed by atoms with van der Waals surface area (Å²) in [5, 5.41) is 12.1. The largest absolute Gasteiger partial charge is 0.481 e. The number of anilines is 1. The maximum atomic E-state index is 12.3. The molecule has 2 amide bonds. The van der Waals surface area contributed by atoms with Crippen LogP contribution in [0.3, 0.4) is 0 Å². The van der Waals surface area contributed by atoms with Gasteiger partial charge in [0.25, 0.3) is 0 Å². The van der Waals surface area contributed by atoms with Crippen LogP contribution in [-0.4, -0.2) is 35.1 Å². The normalized spacial score (nSPS) is 22.0. The summed E-state index contributed by atoms with van der Waals surface area (Å²) in [6, 6.07) is 5.45. The Morgan fingerprint density at radius 1 is 1.43 bits per heavy atom. The van der Waals surface area contributed by atoms with Gasteiger partial charge in [0.1, 0.15) is 0 Å². The zero-order valence-corrected chi connectivity index (χ0v) is 13.7. The van der Waals surface area contributed by atoms with Crippen molar-refractivity contribution in [2.75, 3.05) is 18.4 Å². The standard InChI is InChI=1S/C15H19BrN2O3/c1-10-4-5-11(16)12(8-10)17-14(21)18-7-3-6-15(2,9-18)13(19)20/h4-5,8H,3,6-7,9H2,1-2H3,(H,17,21)(H,19,20). The van der Waals surface area contributed by atoms with E-state index in [1.165, 1.54) is 0 Å². The van der Waals surface area contributed by atoms with Crippen molar-refractivity contribution in [3.63, 3.8) is 0 Å². The Hall–Kier alpha value is -1.56. The van der Waals surface area contributed by atoms with Gasteiger partial charge >= 0.3 is 12.0 Å². The number of carbonyl (C=O) groups is 2. The molecule has 1 fully saturated rings. The van der Waals surface area contributed by atoms with Crippen molar-refractivity contribution in [1.82, 2.24) is 4.90 Å². The van der Waals surface area contributed by atoms with Crippen molar-refractivity contribution >= 4 is 33.6 Å². The second-order valence-electron chi connectivity index (χ2n) is 5.80. The lowest BCUT2D eigenvalue weighted by Gasteiger charge is -2.37. The molecule has 2 rings (SSSR count). The van der Waals surface area contributed by atoms with Crippen LogP contribution in [0.5, 0.6) is 0 Å². The Morgan fingerprint density at radius 3 is 2.81 bits per heavy atom. The molecular formula is C15H19BrN2O3. The van der Waals surface area contributed by atoms with Crippen LogP contribution in [-0.2, 0) is 4.79 Å². The van der Waals surface area contributed by atoms with Crippen molar-refractivity contribution < 1.29 is 14.7 Å². The van der Waals surface area contributed by atoms with Crippen molar-refractivity contribution in [1.29, 1.82) is 0 Å². The van der Waals surface area contributed by atoms with E-state index in [0.29, 0.717) is 25.1 Å². The summed E-state index contributed by atoms with van der Waals surface area (Å²) in [6.07, 6.45) is 1.30. The number of rotatable bonds is 2. The molecule has 1 aliphatic rings. The number of hydrogen-bond acceptors (Lipinski definition) is 2. The molecule has 1 heterocycles. The third-order valence-corrected chi connectivity index (χ3v) is 4.55. The highest BCUT2D eigenvalue weighted by Gasteiger charge is 2.39. The zero-order valence-electron chi connectivity index (χ0n) is 12.1. The molecule has 114 valence electrons. The minimum absolute atomic E-state index is 0.234. The summed E-state index contributed by atoms with van der Waals surface area (Å²) < 4.78 is 0.805. The molecule has 1 unspecified atom stereocenters. The molecule has 0 radical (unpaired) electrons. The highest BCUT2D eigenvalue weighted by molar-refractivity contribution is 9.10. The van der Waals surface area contributed by atoms with Gasteiger partial charge in [-0.05, 0) is 60.3 Å². The fourth-order valence-electron chi connectivity index (χ4n) is 2.52. The van der Waals surface area contributed by atoms with Gasteiger partial charge in [0.2, 0.25) is 0 Å². The fraction of sp³-hybridized carbons (Fsp3) is 0.467. The first kappa shape index (κ1) is 15.8. The number of carboxylic acid groups (broad SMARTS) is 1. The number of aliphatic carboxylic acids is 1. The van der Waals surface area contributed by atoms with Crippen LogP contribution in [0, 0.1) is 12.3 Å². The monoisotopic (exact) mass is 354 g/mol. The van der Waals surface area contributed by atoms with Gasteiger partial charge in [-0.25, -0.2) is 4.79 Å². The Labute approximate surface area is 132 Å². The highest BCUT2D eigenvalue weighted by Crippen LogP contribution is 2.30. The molecule has 0 aromatic heterocycles. The maximum Gasteiger partial charge on any atom is 0.321 e. The van der Waals surface area contributed by atoms with E-state index >= 15 is 0 Å². The van der Waals surface area contributed by atoms with Gasteiger partial charge in [0.15, 0.2) is 0 Å². The van der Waals surface area contributed by atoms with E-state index in [1.807, 2.05) is 25.1 Å². The number of halogens is 1. The summed E-state index contributed by atoms with van der Waals surface area (Å²) in [7, 11) is 0. The number of nitrogens with zero attached hydrogens (tertiary/aromatic N) is 1. The van der Waals surface area contributed by atoms with Gasteiger partial charge in [-0.1, -0.05) is 6.07 Å². The molecule has 5 nitrogen and oxygen atoms in total. The lowest BCUT2D eigenvalue weighted by molar-refractivity contribution is -0.150. The van der Waals surface area contributed by atoms with Crippen molar-refractivity contribution in [2.45, 2.75) is 26.7 Å². The molecule has 1 aromatic rings. The lowest BCUT2D eigenvalue weighted by atomic mass is 9.82. The number of nitrogens with one attached hydrogen (secondary N) is 1. The number of hydrogen-bond donors (Lipinski definition) is 2. The number of amides is 2. The van der Waals surface area contributed by atoms with Crippen LogP contribution in [0.25, 0.3) is 0 Å². The number of piperidine rings is 1. The second-order valence-corrected chi connectivity index (χ2v) is 6.66. The van der Waals surface area contributed by atoms with Gasteiger partial charge in [-0.3, -0.25) is 4.79 Å². The molecule has 1 aromatic carbocycles. The van der Waals surface area contributed by atoms with E-state index in [-0.39, 0.29) is 12.6 Å². The quantitative estimate of drug-likeness (QED) is 0.853. The molecule has 0 spiro atoms. The third kappa shape index (κ3) is 3.56. The minimum Gasteiger partial charge on any atom is -0.481 e. The van der Waals surface area contributed by atoms with Crippen molar-refractivity contribution in [2.24, 2.45) is 5.41 Å². The topological polar surface area (TPSA) is 69.6 Å². The van der Waals surface area contributed by atoms with Crippen LogP contribution >= 0.6 is 15.9 Å². The van der Waals surface area contributed by atoms with Gasteiger partial charge in [-0.15, -0.1) is 0 Å². The van der Waals surface area contributed by atoms with Crippen molar-refractivity contribution in [3.05, 3.63) is 28.2 Å². The number of urea groups is 1. The average Bonchev–Trinajstić information content (AvgIpc) is 2.42. The fourth-order valence-corrected chi connectivity index (χ4v) is 2.86. The van der Waals surface area contributed by atoms with Crippen molar-refractivity contribution in [3.8, 4) is 0 Å². The minimum atomic E-state index is -0.862.